The first-order valence-electron chi connectivity index (χ1n) is 8.18. The van der Waals surface area contributed by atoms with Crippen LogP contribution in [0.5, 0.6) is 0 Å². The van der Waals surface area contributed by atoms with E-state index >= 15 is 0 Å². The van der Waals surface area contributed by atoms with Gasteiger partial charge in [-0.15, -0.1) is 0 Å². The lowest BCUT2D eigenvalue weighted by Crippen LogP contribution is -2.41. The number of likely N-dealkylation sites (tertiary alicyclic amines) is 1. The van der Waals surface area contributed by atoms with Crippen LogP contribution in [-0.4, -0.2) is 34.7 Å². The number of fused-ring (bicyclic) bond motifs is 1. The second-order valence-corrected chi connectivity index (χ2v) is 7.29. The molecule has 1 aliphatic rings. The Hall–Kier alpha value is -2.17. The number of carbonyl (C=O) groups excluding carboxylic acids is 1. The Morgan fingerprint density at radius 2 is 2.00 bits per heavy atom. The highest BCUT2D eigenvalue weighted by Gasteiger charge is 2.28. The molecule has 0 atom stereocenters. The number of carbonyl (C=O) groups is 1. The van der Waals surface area contributed by atoms with Gasteiger partial charge in [0.1, 0.15) is 5.60 Å². The Morgan fingerprint density at radius 1 is 1.30 bits per heavy atom. The van der Waals surface area contributed by atoms with Gasteiger partial charge in [-0.2, -0.15) is 0 Å². The highest BCUT2D eigenvalue weighted by atomic mass is 16.6. The lowest BCUT2D eigenvalue weighted by molar-refractivity contribution is 0.0205. The van der Waals surface area contributed by atoms with Crippen LogP contribution in [-0.2, 0) is 4.74 Å². The molecule has 2 heterocycles. The predicted octanol–water partition coefficient (Wildman–Crippen LogP) is 3.86. The van der Waals surface area contributed by atoms with Gasteiger partial charge in [-0.1, -0.05) is 0 Å². The number of ether oxygens (including phenoxy) is 1. The van der Waals surface area contributed by atoms with E-state index in [1.54, 1.807) is 0 Å². The zero-order chi connectivity index (χ0) is 16.6. The van der Waals surface area contributed by atoms with Crippen LogP contribution < -0.4 is 5.73 Å². The fraction of sp³-hybridized carbons (Fsp3) is 0.500. The number of H-pyrrole nitrogens is 1. The molecular formula is C18H25N3O2. The van der Waals surface area contributed by atoms with Crippen molar-refractivity contribution in [3.05, 3.63) is 30.0 Å². The number of nitrogens with zero attached hydrogens (tertiary/aromatic N) is 1. The van der Waals surface area contributed by atoms with Crippen molar-refractivity contribution < 1.29 is 9.53 Å². The molecule has 1 aliphatic heterocycles. The fourth-order valence-electron chi connectivity index (χ4n) is 3.20. The van der Waals surface area contributed by atoms with E-state index in [2.05, 4.69) is 11.2 Å². The Bertz CT molecular complexity index is 707. The van der Waals surface area contributed by atoms with Crippen LogP contribution in [0.1, 0.15) is 45.1 Å². The Labute approximate surface area is 136 Å². The minimum Gasteiger partial charge on any atom is -0.444 e. The Kier molecular flexibility index (Phi) is 3.96. The molecule has 0 saturated carbocycles. The van der Waals surface area contributed by atoms with E-state index in [9.17, 15) is 4.79 Å². The number of nitrogen functional groups attached to an aromatic ring is 1. The maximum atomic E-state index is 12.1. The van der Waals surface area contributed by atoms with Crippen LogP contribution in [0.3, 0.4) is 0 Å². The average Bonchev–Trinajstić information content (AvgIpc) is 2.88. The van der Waals surface area contributed by atoms with Crippen LogP contribution in [0.2, 0.25) is 0 Å². The largest absolute Gasteiger partial charge is 0.444 e. The van der Waals surface area contributed by atoms with Crippen molar-refractivity contribution in [3.8, 4) is 0 Å². The Balaban J connectivity index is 1.69. The summed E-state index contributed by atoms with van der Waals surface area (Å²) >= 11 is 0. The van der Waals surface area contributed by atoms with E-state index in [0.29, 0.717) is 5.92 Å². The summed E-state index contributed by atoms with van der Waals surface area (Å²) < 4.78 is 5.45. The lowest BCUT2D eigenvalue weighted by atomic mass is 9.89. The van der Waals surface area contributed by atoms with Crippen molar-refractivity contribution in [2.75, 3.05) is 18.8 Å². The number of rotatable bonds is 1. The standard InChI is InChI=1S/C18H25N3O2/c1-18(2,3)23-17(22)21-8-6-12(7-9-21)15-11-20-16-5-4-13(19)10-14(15)16/h4-5,10-12,20H,6-9,19H2,1-3H3. The summed E-state index contributed by atoms with van der Waals surface area (Å²) in [5.74, 6) is 0.448. The van der Waals surface area contributed by atoms with E-state index in [0.717, 1.165) is 37.1 Å². The molecule has 2 aromatic rings. The van der Waals surface area contributed by atoms with Gasteiger partial charge in [0, 0.05) is 35.9 Å². The molecule has 0 spiro atoms. The van der Waals surface area contributed by atoms with Gasteiger partial charge in [-0.05, 0) is 63.3 Å². The van der Waals surface area contributed by atoms with Gasteiger partial charge in [0.15, 0.2) is 0 Å². The molecule has 1 amide bonds. The van der Waals surface area contributed by atoms with Crippen molar-refractivity contribution in [1.82, 2.24) is 9.88 Å². The quantitative estimate of drug-likeness (QED) is 0.785. The van der Waals surface area contributed by atoms with Crippen LogP contribution >= 0.6 is 0 Å². The third kappa shape index (κ3) is 3.44. The van der Waals surface area contributed by atoms with Gasteiger partial charge in [0.2, 0.25) is 0 Å². The second kappa shape index (κ2) is 5.80. The van der Waals surface area contributed by atoms with Gasteiger partial charge in [-0.25, -0.2) is 4.79 Å². The fourth-order valence-corrected chi connectivity index (χ4v) is 3.20. The minimum atomic E-state index is -0.442. The molecule has 3 N–H and O–H groups in total. The van der Waals surface area contributed by atoms with Crippen LogP contribution in [0.15, 0.2) is 24.4 Å². The number of nitrogens with one attached hydrogen (secondary N) is 1. The van der Waals surface area contributed by atoms with Gasteiger partial charge < -0.3 is 20.4 Å². The van der Waals surface area contributed by atoms with Crippen molar-refractivity contribution in [2.24, 2.45) is 0 Å². The summed E-state index contributed by atoms with van der Waals surface area (Å²) in [4.78, 5) is 17.3. The molecule has 0 bridgehead atoms. The van der Waals surface area contributed by atoms with E-state index in [-0.39, 0.29) is 6.09 Å². The molecule has 1 aromatic carbocycles. The molecule has 3 rings (SSSR count). The maximum absolute atomic E-state index is 12.1. The number of benzene rings is 1. The highest BCUT2D eigenvalue weighted by molar-refractivity contribution is 5.86. The molecule has 0 aliphatic carbocycles. The van der Waals surface area contributed by atoms with Gasteiger partial charge in [-0.3, -0.25) is 0 Å². The molecular weight excluding hydrogens is 290 g/mol. The average molecular weight is 315 g/mol. The number of hydrogen-bond donors (Lipinski definition) is 2. The molecule has 0 radical (unpaired) electrons. The highest BCUT2D eigenvalue weighted by Crippen LogP contribution is 2.34. The normalized spacial score (nSPS) is 16.7. The molecule has 124 valence electrons. The molecule has 23 heavy (non-hydrogen) atoms. The minimum absolute atomic E-state index is 0.209. The summed E-state index contributed by atoms with van der Waals surface area (Å²) in [6.45, 7) is 7.15. The first kappa shape index (κ1) is 15.7. The Morgan fingerprint density at radius 3 is 2.65 bits per heavy atom. The predicted molar refractivity (Wildman–Crippen MR) is 92.5 cm³/mol. The summed E-state index contributed by atoms with van der Waals surface area (Å²) in [6.07, 6.45) is 3.76. The third-order valence-electron chi connectivity index (χ3n) is 4.32. The summed E-state index contributed by atoms with van der Waals surface area (Å²) in [5, 5.41) is 1.20. The first-order chi connectivity index (χ1) is 10.8. The lowest BCUT2D eigenvalue weighted by Gasteiger charge is -2.33. The van der Waals surface area contributed by atoms with E-state index < -0.39 is 5.60 Å². The van der Waals surface area contributed by atoms with E-state index in [1.807, 2.05) is 43.9 Å². The van der Waals surface area contributed by atoms with Gasteiger partial charge in [0.05, 0.1) is 0 Å². The molecule has 5 heteroatoms. The molecule has 1 fully saturated rings. The van der Waals surface area contributed by atoms with Crippen molar-refractivity contribution in [2.45, 2.75) is 45.1 Å². The van der Waals surface area contributed by atoms with Crippen LogP contribution in [0.25, 0.3) is 10.9 Å². The van der Waals surface area contributed by atoms with Crippen LogP contribution in [0, 0.1) is 0 Å². The topological polar surface area (TPSA) is 71.3 Å². The number of nitrogens with two attached hydrogens (primary N) is 1. The van der Waals surface area contributed by atoms with Crippen LogP contribution in [0.4, 0.5) is 10.5 Å². The number of aromatic nitrogens is 1. The summed E-state index contributed by atoms with van der Waals surface area (Å²) in [5.41, 5.74) is 8.68. The zero-order valence-corrected chi connectivity index (χ0v) is 14.1. The number of anilines is 1. The molecule has 1 saturated heterocycles. The van der Waals surface area contributed by atoms with E-state index in [1.165, 1.54) is 10.9 Å². The molecule has 5 nitrogen and oxygen atoms in total. The van der Waals surface area contributed by atoms with Crippen molar-refractivity contribution in [3.63, 3.8) is 0 Å². The number of piperidine rings is 1. The number of hydrogen-bond acceptors (Lipinski definition) is 3. The second-order valence-electron chi connectivity index (χ2n) is 7.29. The zero-order valence-electron chi connectivity index (χ0n) is 14.1. The third-order valence-corrected chi connectivity index (χ3v) is 4.32. The first-order valence-corrected chi connectivity index (χ1v) is 8.18. The smallest absolute Gasteiger partial charge is 0.410 e. The van der Waals surface area contributed by atoms with Gasteiger partial charge in [0.25, 0.3) is 0 Å². The van der Waals surface area contributed by atoms with Crippen molar-refractivity contribution in [1.29, 1.82) is 0 Å². The van der Waals surface area contributed by atoms with E-state index in [4.69, 9.17) is 10.5 Å². The molecule has 1 aromatic heterocycles. The number of amides is 1. The summed E-state index contributed by atoms with van der Waals surface area (Å²) in [6, 6.07) is 5.96. The van der Waals surface area contributed by atoms with Crippen molar-refractivity contribution >= 4 is 22.7 Å². The maximum Gasteiger partial charge on any atom is 0.410 e. The summed E-state index contributed by atoms with van der Waals surface area (Å²) in [7, 11) is 0. The SMILES string of the molecule is CC(C)(C)OC(=O)N1CCC(c2c[nH]c3ccc(N)cc23)CC1. The number of aromatic amines is 1. The van der Waals surface area contributed by atoms with Gasteiger partial charge >= 0.3 is 6.09 Å². The molecule has 0 unspecified atom stereocenters. The monoisotopic (exact) mass is 315 g/mol.